The number of carbonyl (C=O) groups excluding carboxylic acids is 2. The molecule has 0 aliphatic heterocycles. The number of hydrogen-bond acceptors (Lipinski definition) is 5. The Labute approximate surface area is 404 Å². The molecule has 0 rings (SSSR count). The number of aliphatic hydroxyl groups is 2. The molecular weight excluding hydrogens is 803 g/mol. The van der Waals surface area contributed by atoms with E-state index in [1.165, 1.54) is 193 Å². The number of aliphatic hydroxyl groups excluding tert-OH is 2. The fourth-order valence-electron chi connectivity index (χ4n) is 8.51. The summed E-state index contributed by atoms with van der Waals surface area (Å²) in [5.41, 5.74) is 0. The predicted octanol–water partition coefficient (Wildman–Crippen LogP) is 17.4. The van der Waals surface area contributed by atoms with Crippen LogP contribution in [0.1, 0.15) is 290 Å². The van der Waals surface area contributed by atoms with Crippen LogP contribution in [0.5, 0.6) is 0 Å². The monoisotopic (exact) mass is 912 g/mol. The molecular formula is C59H109NO5. The summed E-state index contributed by atoms with van der Waals surface area (Å²) in [5.74, 6) is -0.0908. The molecule has 0 aliphatic rings. The van der Waals surface area contributed by atoms with Gasteiger partial charge in [-0.15, -0.1) is 0 Å². The van der Waals surface area contributed by atoms with Gasteiger partial charge in [-0.2, -0.15) is 0 Å². The van der Waals surface area contributed by atoms with Crippen molar-refractivity contribution >= 4 is 11.9 Å². The summed E-state index contributed by atoms with van der Waals surface area (Å²) < 4.78 is 5.40. The van der Waals surface area contributed by atoms with Crippen molar-refractivity contribution in [3.8, 4) is 0 Å². The summed E-state index contributed by atoms with van der Waals surface area (Å²) in [6.45, 7) is 4.80. The minimum atomic E-state index is -0.667. The van der Waals surface area contributed by atoms with Crippen LogP contribution in [-0.2, 0) is 14.3 Å². The number of rotatable bonds is 52. The van der Waals surface area contributed by atoms with Gasteiger partial charge in [0.25, 0.3) is 0 Å². The second-order valence-electron chi connectivity index (χ2n) is 19.3. The Morgan fingerprint density at radius 2 is 0.769 bits per heavy atom. The topological polar surface area (TPSA) is 95.9 Å². The van der Waals surface area contributed by atoms with Crippen molar-refractivity contribution in [1.29, 1.82) is 0 Å². The third-order valence-corrected chi connectivity index (χ3v) is 12.9. The molecule has 0 saturated carbocycles. The molecule has 0 aromatic heterocycles. The number of ether oxygens (including phenoxy) is 1. The maximum absolute atomic E-state index is 12.4. The van der Waals surface area contributed by atoms with Gasteiger partial charge in [-0.1, -0.05) is 249 Å². The average molecular weight is 913 g/mol. The smallest absolute Gasteiger partial charge is 0.305 e. The summed E-state index contributed by atoms with van der Waals surface area (Å²) in [5, 5.41) is 23.2. The molecule has 0 saturated heterocycles. The molecule has 0 aliphatic carbocycles. The zero-order chi connectivity index (χ0) is 47.2. The van der Waals surface area contributed by atoms with Crippen molar-refractivity contribution in [3.63, 3.8) is 0 Å². The number of allylic oxidation sites excluding steroid dienone is 7. The molecule has 6 heteroatoms. The molecule has 65 heavy (non-hydrogen) atoms. The van der Waals surface area contributed by atoms with Gasteiger partial charge in [-0.05, 0) is 77.0 Å². The largest absolute Gasteiger partial charge is 0.465 e. The number of unbranched alkanes of at least 4 members (excludes halogenated alkanes) is 33. The maximum Gasteiger partial charge on any atom is 0.305 e. The lowest BCUT2D eigenvalue weighted by Gasteiger charge is -2.22. The average Bonchev–Trinajstić information content (AvgIpc) is 3.31. The highest BCUT2D eigenvalue weighted by molar-refractivity contribution is 5.76. The van der Waals surface area contributed by atoms with Crippen LogP contribution in [0, 0.1) is 0 Å². The van der Waals surface area contributed by atoms with Gasteiger partial charge in [0.15, 0.2) is 0 Å². The first-order valence-corrected chi connectivity index (χ1v) is 28.4. The normalized spacial score (nSPS) is 13.0. The Hall–Kier alpha value is -2.18. The van der Waals surface area contributed by atoms with Gasteiger partial charge in [0, 0.05) is 12.8 Å². The molecule has 0 spiro atoms. The van der Waals surface area contributed by atoms with Crippen LogP contribution < -0.4 is 5.32 Å². The lowest BCUT2D eigenvalue weighted by molar-refractivity contribution is -0.143. The molecule has 0 aromatic carbocycles. The molecule has 3 N–H and O–H groups in total. The molecule has 0 aromatic rings. The van der Waals surface area contributed by atoms with Gasteiger partial charge in [0.05, 0.1) is 25.4 Å². The van der Waals surface area contributed by atoms with E-state index in [1.54, 1.807) is 0 Å². The predicted molar refractivity (Wildman–Crippen MR) is 282 cm³/mol. The Kier molecular flexibility index (Phi) is 52.6. The van der Waals surface area contributed by atoms with Crippen molar-refractivity contribution in [2.45, 2.75) is 302 Å². The Morgan fingerprint density at radius 3 is 1.20 bits per heavy atom. The molecule has 1 amide bonds. The number of amides is 1. The quantitative estimate of drug-likeness (QED) is 0.0321. The summed E-state index contributed by atoms with van der Waals surface area (Å²) in [7, 11) is 0. The zero-order valence-electron chi connectivity index (χ0n) is 43.2. The van der Waals surface area contributed by atoms with E-state index in [1.807, 2.05) is 0 Å². The molecule has 0 bridgehead atoms. The highest BCUT2D eigenvalue weighted by Crippen LogP contribution is 2.16. The van der Waals surface area contributed by atoms with Crippen molar-refractivity contribution in [1.82, 2.24) is 5.32 Å². The number of hydrogen-bond donors (Lipinski definition) is 3. The number of nitrogens with one attached hydrogen (secondary N) is 1. The first-order chi connectivity index (χ1) is 32.0. The third-order valence-electron chi connectivity index (χ3n) is 12.9. The Bertz CT molecular complexity index is 1100. The Balaban J connectivity index is 3.46. The van der Waals surface area contributed by atoms with Crippen molar-refractivity contribution in [2.24, 2.45) is 0 Å². The van der Waals surface area contributed by atoms with Gasteiger partial charge < -0.3 is 20.3 Å². The van der Waals surface area contributed by atoms with Crippen molar-refractivity contribution in [3.05, 3.63) is 48.6 Å². The third kappa shape index (κ3) is 51.1. The van der Waals surface area contributed by atoms with E-state index >= 15 is 0 Å². The van der Waals surface area contributed by atoms with Gasteiger partial charge >= 0.3 is 5.97 Å². The summed E-state index contributed by atoms with van der Waals surface area (Å²) in [4.78, 5) is 24.4. The second-order valence-corrected chi connectivity index (χ2v) is 19.3. The molecule has 0 fully saturated rings. The van der Waals surface area contributed by atoms with E-state index in [0.29, 0.717) is 25.9 Å². The van der Waals surface area contributed by atoms with Crippen LogP contribution in [0.4, 0.5) is 0 Å². The minimum Gasteiger partial charge on any atom is -0.465 e. The van der Waals surface area contributed by atoms with Crippen LogP contribution in [0.3, 0.4) is 0 Å². The van der Waals surface area contributed by atoms with Gasteiger partial charge in [0.1, 0.15) is 0 Å². The second kappa shape index (κ2) is 54.4. The first kappa shape index (κ1) is 62.8. The standard InChI is InChI=1S/C59H109NO5/c1-3-5-7-9-11-13-15-17-25-29-33-37-41-45-49-53-59(64)65-54-50-46-42-38-34-30-27-24-22-20-18-19-21-23-26-28-32-36-40-44-48-52-58(63)60-56(55-61)57(62)51-47-43-39-35-31-16-14-12-10-8-6-4-2/h11,13,17,25,30,34,42,46,56-57,61-62H,3-10,12,14-16,18-24,26-29,31-33,35-41,43-45,47-55H2,1-2H3,(H,60,63)/b13-11-,25-17-,34-30-,46-42-. The summed E-state index contributed by atoms with van der Waals surface area (Å²) in [6.07, 6.45) is 68.3. The van der Waals surface area contributed by atoms with E-state index in [9.17, 15) is 19.8 Å². The van der Waals surface area contributed by atoms with Crippen LogP contribution in [-0.4, -0.2) is 47.4 Å². The van der Waals surface area contributed by atoms with E-state index < -0.39 is 12.1 Å². The van der Waals surface area contributed by atoms with Crippen LogP contribution in [0.25, 0.3) is 0 Å². The lowest BCUT2D eigenvalue weighted by atomic mass is 10.0. The number of carbonyl (C=O) groups is 2. The van der Waals surface area contributed by atoms with E-state index in [4.69, 9.17) is 4.74 Å². The van der Waals surface area contributed by atoms with Crippen molar-refractivity contribution in [2.75, 3.05) is 13.2 Å². The molecule has 2 unspecified atom stereocenters. The van der Waals surface area contributed by atoms with Gasteiger partial charge in [-0.3, -0.25) is 9.59 Å². The zero-order valence-corrected chi connectivity index (χ0v) is 43.2. The van der Waals surface area contributed by atoms with Gasteiger partial charge in [-0.25, -0.2) is 0 Å². The van der Waals surface area contributed by atoms with E-state index in [0.717, 1.165) is 64.2 Å². The summed E-state index contributed by atoms with van der Waals surface area (Å²) in [6, 6.07) is -0.545. The summed E-state index contributed by atoms with van der Waals surface area (Å²) >= 11 is 0. The SMILES string of the molecule is CCCCC/C=C\C/C=C\CCCCCCCC(=O)OCC/C=C\C/C=C\CCCCCCCCCCCCCCCCC(=O)NC(CO)C(O)CCCCCCCCCCCCCC. The lowest BCUT2D eigenvalue weighted by Crippen LogP contribution is -2.45. The van der Waals surface area contributed by atoms with Crippen LogP contribution in [0.15, 0.2) is 48.6 Å². The maximum atomic E-state index is 12.4. The highest BCUT2D eigenvalue weighted by Gasteiger charge is 2.20. The van der Waals surface area contributed by atoms with E-state index in [2.05, 4.69) is 67.8 Å². The van der Waals surface area contributed by atoms with Crippen LogP contribution in [0.2, 0.25) is 0 Å². The molecule has 380 valence electrons. The molecule has 6 nitrogen and oxygen atoms in total. The first-order valence-electron chi connectivity index (χ1n) is 28.4. The molecule has 0 heterocycles. The molecule has 0 radical (unpaired) electrons. The highest BCUT2D eigenvalue weighted by atomic mass is 16.5. The van der Waals surface area contributed by atoms with Gasteiger partial charge in [0.2, 0.25) is 5.91 Å². The van der Waals surface area contributed by atoms with Crippen molar-refractivity contribution < 1.29 is 24.5 Å². The van der Waals surface area contributed by atoms with E-state index in [-0.39, 0.29) is 18.5 Å². The minimum absolute atomic E-state index is 0.0411. The molecule has 2 atom stereocenters. The Morgan fingerprint density at radius 1 is 0.431 bits per heavy atom. The fourth-order valence-corrected chi connectivity index (χ4v) is 8.51. The van der Waals surface area contributed by atoms with Crippen LogP contribution >= 0.6 is 0 Å². The number of esters is 1. The fraction of sp³-hybridized carbons (Fsp3) is 0.831.